The Bertz CT molecular complexity index is 469. The Balaban J connectivity index is 2.33. The number of esters is 1. The van der Waals surface area contributed by atoms with Crippen molar-refractivity contribution >= 4 is 5.97 Å². The maximum Gasteiger partial charge on any atom is 0.310 e. The van der Waals surface area contributed by atoms with Crippen molar-refractivity contribution in [3.63, 3.8) is 0 Å². The van der Waals surface area contributed by atoms with Gasteiger partial charge in [0, 0.05) is 0 Å². The number of allylic oxidation sites excluding steroid dienone is 3. The molecule has 0 aliphatic carbocycles. The minimum Gasteiger partial charge on any atom is -0.461 e. The highest BCUT2D eigenvalue weighted by atomic mass is 16.5. The van der Waals surface area contributed by atoms with E-state index in [0.717, 1.165) is 18.4 Å². The van der Waals surface area contributed by atoms with Crippen LogP contribution in [-0.4, -0.2) is 12.6 Å². The number of ether oxygens (including phenoxy) is 1. The zero-order valence-electron chi connectivity index (χ0n) is 12.7. The predicted molar refractivity (Wildman–Crippen MR) is 83.5 cm³/mol. The third kappa shape index (κ3) is 6.37. The van der Waals surface area contributed by atoms with Crippen LogP contribution in [0.2, 0.25) is 0 Å². The van der Waals surface area contributed by atoms with Gasteiger partial charge in [0.1, 0.15) is 6.61 Å². The van der Waals surface area contributed by atoms with E-state index in [1.54, 1.807) is 0 Å². The minimum atomic E-state index is -0.187. The Hall–Kier alpha value is -1.83. The van der Waals surface area contributed by atoms with Crippen LogP contribution in [0, 0.1) is 0 Å². The highest BCUT2D eigenvalue weighted by Gasteiger charge is 2.02. The van der Waals surface area contributed by atoms with Gasteiger partial charge in [0.05, 0.1) is 6.42 Å². The first-order valence-corrected chi connectivity index (χ1v) is 7.16. The van der Waals surface area contributed by atoms with Crippen molar-refractivity contribution < 1.29 is 9.53 Å². The van der Waals surface area contributed by atoms with Gasteiger partial charge in [0.15, 0.2) is 0 Å². The monoisotopic (exact) mass is 272 g/mol. The fourth-order valence-electron chi connectivity index (χ4n) is 1.89. The molecule has 2 heteroatoms. The van der Waals surface area contributed by atoms with Gasteiger partial charge in [0.2, 0.25) is 0 Å². The summed E-state index contributed by atoms with van der Waals surface area (Å²) in [5.74, 6) is -0.187. The van der Waals surface area contributed by atoms with Crippen LogP contribution in [0.4, 0.5) is 0 Å². The van der Waals surface area contributed by atoms with E-state index in [4.69, 9.17) is 4.74 Å². The van der Waals surface area contributed by atoms with Crippen molar-refractivity contribution in [3.8, 4) is 0 Å². The molecule has 0 spiro atoms. The molecule has 0 saturated carbocycles. The van der Waals surface area contributed by atoms with E-state index in [1.165, 1.54) is 11.1 Å². The smallest absolute Gasteiger partial charge is 0.310 e. The molecule has 0 aromatic heterocycles. The molecule has 0 fully saturated rings. The first-order chi connectivity index (χ1) is 9.63. The van der Waals surface area contributed by atoms with Crippen LogP contribution in [0.15, 0.2) is 53.6 Å². The zero-order valence-corrected chi connectivity index (χ0v) is 12.7. The maximum absolute atomic E-state index is 11.6. The van der Waals surface area contributed by atoms with Gasteiger partial charge in [-0.15, -0.1) is 0 Å². The second-order valence-electron chi connectivity index (χ2n) is 4.96. The van der Waals surface area contributed by atoms with E-state index in [1.807, 2.05) is 42.5 Å². The molecule has 0 radical (unpaired) electrons. The zero-order chi connectivity index (χ0) is 14.8. The van der Waals surface area contributed by atoms with Gasteiger partial charge in [0.25, 0.3) is 0 Å². The van der Waals surface area contributed by atoms with Gasteiger partial charge < -0.3 is 4.74 Å². The SMILES string of the molecule is CCC/C(C)=C(C)/C=C/COC(=O)Cc1ccccc1. The lowest BCUT2D eigenvalue weighted by Gasteiger charge is -2.03. The Kier molecular flexibility index (Phi) is 7.41. The summed E-state index contributed by atoms with van der Waals surface area (Å²) >= 11 is 0. The summed E-state index contributed by atoms with van der Waals surface area (Å²) in [6.45, 7) is 6.74. The molecule has 0 heterocycles. The first-order valence-electron chi connectivity index (χ1n) is 7.16. The highest BCUT2D eigenvalue weighted by Crippen LogP contribution is 2.10. The van der Waals surface area contributed by atoms with E-state index in [9.17, 15) is 4.79 Å². The molecule has 0 atom stereocenters. The molecule has 0 bridgehead atoms. The number of carbonyl (C=O) groups is 1. The lowest BCUT2D eigenvalue weighted by atomic mass is 10.1. The van der Waals surface area contributed by atoms with Gasteiger partial charge in [-0.1, -0.05) is 60.9 Å². The van der Waals surface area contributed by atoms with Crippen molar-refractivity contribution in [2.24, 2.45) is 0 Å². The summed E-state index contributed by atoms with van der Waals surface area (Å²) in [5.41, 5.74) is 3.63. The van der Waals surface area contributed by atoms with Crippen molar-refractivity contribution in [2.75, 3.05) is 6.61 Å². The van der Waals surface area contributed by atoms with Gasteiger partial charge in [-0.3, -0.25) is 4.79 Å². The molecular formula is C18H24O2. The topological polar surface area (TPSA) is 26.3 Å². The molecule has 1 aromatic carbocycles. The molecule has 0 aliphatic rings. The van der Waals surface area contributed by atoms with Crippen molar-refractivity contribution in [2.45, 2.75) is 40.0 Å². The molecular weight excluding hydrogens is 248 g/mol. The van der Waals surface area contributed by atoms with Crippen LogP contribution in [0.25, 0.3) is 0 Å². The Morgan fingerprint density at radius 1 is 1.20 bits per heavy atom. The number of carbonyl (C=O) groups excluding carboxylic acids is 1. The average Bonchev–Trinajstić information content (AvgIpc) is 2.44. The molecule has 1 rings (SSSR count). The van der Waals surface area contributed by atoms with Crippen LogP contribution >= 0.6 is 0 Å². The molecule has 0 saturated heterocycles. The number of benzene rings is 1. The maximum atomic E-state index is 11.6. The molecule has 0 amide bonds. The van der Waals surface area contributed by atoms with Crippen LogP contribution in [0.1, 0.15) is 39.2 Å². The predicted octanol–water partition coefficient (Wildman–Crippen LogP) is 4.47. The second kappa shape index (κ2) is 9.13. The molecule has 2 nitrogen and oxygen atoms in total. The molecule has 108 valence electrons. The molecule has 0 N–H and O–H groups in total. The van der Waals surface area contributed by atoms with E-state index in [2.05, 4.69) is 20.8 Å². The second-order valence-corrected chi connectivity index (χ2v) is 4.96. The fourth-order valence-corrected chi connectivity index (χ4v) is 1.89. The lowest BCUT2D eigenvalue weighted by molar-refractivity contribution is -0.141. The van der Waals surface area contributed by atoms with Gasteiger partial charge >= 0.3 is 5.97 Å². The van der Waals surface area contributed by atoms with Crippen LogP contribution in [0.3, 0.4) is 0 Å². The van der Waals surface area contributed by atoms with Crippen LogP contribution in [0.5, 0.6) is 0 Å². The van der Waals surface area contributed by atoms with E-state index >= 15 is 0 Å². The molecule has 1 aromatic rings. The standard InChI is InChI=1S/C18H24O2/c1-4-9-15(2)16(3)10-8-13-20-18(19)14-17-11-6-5-7-12-17/h5-8,10-12H,4,9,13-14H2,1-3H3/b10-8+,16-15+. The van der Waals surface area contributed by atoms with Gasteiger partial charge in [-0.25, -0.2) is 0 Å². The Labute approximate surface area is 122 Å². The van der Waals surface area contributed by atoms with E-state index in [-0.39, 0.29) is 5.97 Å². The summed E-state index contributed by atoms with van der Waals surface area (Å²) < 4.78 is 5.19. The summed E-state index contributed by atoms with van der Waals surface area (Å²) in [6.07, 6.45) is 6.53. The largest absolute Gasteiger partial charge is 0.461 e. The summed E-state index contributed by atoms with van der Waals surface area (Å²) in [4.78, 5) is 11.6. The Morgan fingerprint density at radius 2 is 1.90 bits per heavy atom. The normalized spacial score (nSPS) is 12.3. The fraction of sp³-hybridized carbons (Fsp3) is 0.389. The number of rotatable bonds is 7. The highest BCUT2D eigenvalue weighted by molar-refractivity contribution is 5.72. The minimum absolute atomic E-state index is 0.187. The van der Waals surface area contributed by atoms with Crippen molar-refractivity contribution in [1.29, 1.82) is 0 Å². The molecule has 20 heavy (non-hydrogen) atoms. The molecule has 0 unspecified atom stereocenters. The van der Waals surface area contributed by atoms with Gasteiger partial charge in [-0.2, -0.15) is 0 Å². The van der Waals surface area contributed by atoms with Crippen LogP contribution < -0.4 is 0 Å². The lowest BCUT2D eigenvalue weighted by Crippen LogP contribution is -2.07. The number of hydrogen-bond acceptors (Lipinski definition) is 2. The Morgan fingerprint density at radius 3 is 2.55 bits per heavy atom. The molecule has 0 aliphatic heterocycles. The summed E-state index contributed by atoms with van der Waals surface area (Å²) in [6, 6.07) is 9.64. The summed E-state index contributed by atoms with van der Waals surface area (Å²) in [5, 5.41) is 0. The van der Waals surface area contributed by atoms with Crippen molar-refractivity contribution in [3.05, 3.63) is 59.2 Å². The quantitative estimate of drug-likeness (QED) is 0.541. The van der Waals surface area contributed by atoms with Crippen LogP contribution in [-0.2, 0) is 16.0 Å². The third-order valence-corrected chi connectivity index (χ3v) is 3.20. The third-order valence-electron chi connectivity index (χ3n) is 3.20. The summed E-state index contributed by atoms with van der Waals surface area (Å²) in [7, 11) is 0. The van der Waals surface area contributed by atoms with E-state index < -0.39 is 0 Å². The van der Waals surface area contributed by atoms with E-state index in [0.29, 0.717) is 13.0 Å². The van der Waals surface area contributed by atoms with Crippen molar-refractivity contribution in [1.82, 2.24) is 0 Å². The van der Waals surface area contributed by atoms with Gasteiger partial charge in [-0.05, 0) is 31.9 Å². The average molecular weight is 272 g/mol. The first kappa shape index (κ1) is 16.2. The number of hydrogen-bond donors (Lipinski definition) is 0.